The van der Waals surface area contributed by atoms with Gasteiger partial charge in [-0.15, -0.1) is 11.8 Å². The lowest BCUT2D eigenvalue weighted by Crippen LogP contribution is -2.22. The van der Waals surface area contributed by atoms with E-state index in [1.54, 1.807) is 18.4 Å². The molecule has 0 aliphatic carbocycles. The molecular formula is C20H19ClN2O2S. The van der Waals surface area contributed by atoms with E-state index in [4.69, 9.17) is 16.0 Å². The van der Waals surface area contributed by atoms with Crippen LogP contribution < -0.4 is 5.32 Å². The van der Waals surface area contributed by atoms with Crippen molar-refractivity contribution in [2.75, 3.05) is 5.32 Å². The molecule has 0 aliphatic rings. The van der Waals surface area contributed by atoms with E-state index in [0.29, 0.717) is 16.7 Å². The Kier molecular flexibility index (Phi) is 6.01. The van der Waals surface area contributed by atoms with E-state index >= 15 is 0 Å². The molecule has 6 heteroatoms. The summed E-state index contributed by atoms with van der Waals surface area (Å²) in [6.45, 7) is 3.88. The summed E-state index contributed by atoms with van der Waals surface area (Å²) in [5.74, 6) is 1.12. The Labute approximate surface area is 162 Å². The summed E-state index contributed by atoms with van der Waals surface area (Å²) in [5, 5.41) is 3.41. The van der Waals surface area contributed by atoms with E-state index < -0.39 is 0 Å². The summed E-state index contributed by atoms with van der Waals surface area (Å²) in [6.07, 6.45) is 1.63. The Balaban J connectivity index is 1.55. The number of nitrogens with one attached hydrogen (secondary N) is 1. The lowest BCUT2D eigenvalue weighted by Gasteiger charge is -2.11. The first-order chi connectivity index (χ1) is 12.5. The average molecular weight is 387 g/mol. The Morgan fingerprint density at radius 3 is 2.77 bits per heavy atom. The summed E-state index contributed by atoms with van der Waals surface area (Å²) in [6, 6.07) is 15.1. The zero-order valence-corrected chi connectivity index (χ0v) is 16.1. The first kappa shape index (κ1) is 18.5. The lowest BCUT2D eigenvalue weighted by molar-refractivity contribution is -0.115. The van der Waals surface area contributed by atoms with Crippen LogP contribution in [-0.2, 0) is 10.5 Å². The molecule has 1 heterocycles. The molecule has 0 saturated heterocycles. The first-order valence-corrected chi connectivity index (χ1v) is 9.63. The Bertz CT molecular complexity index is 893. The number of oxazole rings is 1. The van der Waals surface area contributed by atoms with Crippen molar-refractivity contribution in [1.82, 2.24) is 4.98 Å². The molecule has 0 radical (unpaired) electrons. The number of aryl methyl sites for hydroxylation is 1. The molecule has 1 atom stereocenters. The van der Waals surface area contributed by atoms with Gasteiger partial charge in [-0.3, -0.25) is 4.79 Å². The summed E-state index contributed by atoms with van der Waals surface area (Å²) in [7, 11) is 0. The topological polar surface area (TPSA) is 55.1 Å². The van der Waals surface area contributed by atoms with Crippen molar-refractivity contribution < 1.29 is 9.21 Å². The molecule has 3 aromatic rings. The third-order valence-electron chi connectivity index (χ3n) is 3.78. The van der Waals surface area contributed by atoms with Gasteiger partial charge in [0.25, 0.3) is 0 Å². The molecule has 4 nitrogen and oxygen atoms in total. The van der Waals surface area contributed by atoms with Gasteiger partial charge in [-0.05, 0) is 55.8 Å². The molecular weight excluding hydrogens is 368 g/mol. The van der Waals surface area contributed by atoms with Crippen molar-refractivity contribution in [2.24, 2.45) is 0 Å². The second-order valence-corrected chi connectivity index (χ2v) is 7.73. The summed E-state index contributed by atoms with van der Waals surface area (Å²) < 4.78 is 5.52. The molecule has 2 aromatic carbocycles. The maximum Gasteiger partial charge on any atom is 0.237 e. The zero-order chi connectivity index (χ0) is 18.5. The van der Waals surface area contributed by atoms with Crippen molar-refractivity contribution in [1.29, 1.82) is 0 Å². The highest BCUT2D eigenvalue weighted by molar-refractivity contribution is 7.99. The highest BCUT2D eigenvalue weighted by Crippen LogP contribution is 2.24. The van der Waals surface area contributed by atoms with E-state index in [-0.39, 0.29) is 11.2 Å². The first-order valence-electron chi connectivity index (χ1n) is 8.21. The molecule has 0 fully saturated rings. The fraction of sp³-hybridized carbons (Fsp3) is 0.200. The van der Waals surface area contributed by atoms with E-state index in [1.165, 1.54) is 11.8 Å². The van der Waals surface area contributed by atoms with Gasteiger partial charge in [0, 0.05) is 22.0 Å². The highest BCUT2D eigenvalue weighted by Gasteiger charge is 2.15. The number of halogens is 1. The Hall–Kier alpha value is -2.24. The van der Waals surface area contributed by atoms with Crippen LogP contribution in [0.3, 0.4) is 0 Å². The van der Waals surface area contributed by atoms with Crippen LogP contribution >= 0.6 is 23.4 Å². The molecule has 134 valence electrons. The number of hydrogen-bond donors (Lipinski definition) is 1. The number of carbonyl (C=O) groups excluding carboxylic acids is 1. The summed E-state index contributed by atoms with van der Waals surface area (Å²) in [4.78, 5) is 16.8. The minimum absolute atomic E-state index is 0.0259. The van der Waals surface area contributed by atoms with Crippen LogP contribution in [0.2, 0.25) is 5.02 Å². The minimum Gasteiger partial charge on any atom is -0.444 e. The van der Waals surface area contributed by atoms with Crippen LogP contribution in [-0.4, -0.2) is 16.1 Å². The molecule has 1 N–H and O–H groups in total. The van der Waals surface area contributed by atoms with Gasteiger partial charge < -0.3 is 9.73 Å². The standard InChI is InChI=1S/C20H19ClN2O2S/c1-13-4-3-5-17(10-13)22-19(24)14(2)26-12-18-11-25-20(23-18)15-6-8-16(21)9-7-15/h3-11,14H,12H2,1-2H3,(H,22,24). The normalized spacial score (nSPS) is 12.0. The van der Waals surface area contributed by atoms with Crippen LogP contribution in [0, 0.1) is 6.92 Å². The lowest BCUT2D eigenvalue weighted by atomic mass is 10.2. The fourth-order valence-corrected chi connectivity index (χ4v) is 3.24. The molecule has 1 aromatic heterocycles. The van der Waals surface area contributed by atoms with Crippen LogP contribution in [0.4, 0.5) is 5.69 Å². The maximum atomic E-state index is 12.3. The van der Waals surface area contributed by atoms with E-state index in [1.807, 2.05) is 50.2 Å². The smallest absolute Gasteiger partial charge is 0.237 e. The molecule has 1 amide bonds. The minimum atomic E-state index is -0.203. The third kappa shape index (κ3) is 4.90. The predicted octanol–water partition coefficient (Wildman–Crippen LogP) is 5.56. The third-order valence-corrected chi connectivity index (χ3v) is 5.21. The largest absolute Gasteiger partial charge is 0.444 e. The SMILES string of the molecule is Cc1cccc(NC(=O)C(C)SCc2coc(-c3ccc(Cl)cc3)n2)c1. The van der Waals surface area contributed by atoms with Crippen molar-refractivity contribution in [3.05, 3.63) is 71.1 Å². The van der Waals surface area contributed by atoms with E-state index in [2.05, 4.69) is 10.3 Å². The number of carbonyl (C=O) groups is 1. The molecule has 0 saturated carbocycles. The van der Waals surface area contributed by atoms with Crippen LogP contribution in [0.1, 0.15) is 18.2 Å². The van der Waals surface area contributed by atoms with Gasteiger partial charge >= 0.3 is 0 Å². The van der Waals surface area contributed by atoms with Crippen molar-refractivity contribution >= 4 is 35.0 Å². The second-order valence-electron chi connectivity index (χ2n) is 5.96. The van der Waals surface area contributed by atoms with Crippen molar-refractivity contribution in [3.8, 4) is 11.5 Å². The van der Waals surface area contributed by atoms with Crippen LogP contribution in [0.5, 0.6) is 0 Å². The Morgan fingerprint density at radius 2 is 2.04 bits per heavy atom. The number of thioether (sulfide) groups is 1. The molecule has 1 unspecified atom stereocenters. The van der Waals surface area contributed by atoms with Gasteiger partial charge in [0.05, 0.1) is 10.9 Å². The maximum absolute atomic E-state index is 12.3. The number of rotatable bonds is 6. The van der Waals surface area contributed by atoms with E-state index in [0.717, 1.165) is 22.5 Å². The molecule has 0 aliphatic heterocycles. The number of anilines is 1. The molecule has 0 bridgehead atoms. The number of aromatic nitrogens is 1. The van der Waals surface area contributed by atoms with Gasteiger partial charge in [-0.1, -0.05) is 23.7 Å². The fourth-order valence-electron chi connectivity index (χ4n) is 2.35. The van der Waals surface area contributed by atoms with Crippen LogP contribution in [0.25, 0.3) is 11.5 Å². The summed E-state index contributed by atoms with van der Waals surface area (Å²) in [5.41, 5.74) is 3.60. The Morgan fingerprint density at radius 1 is 1.27 bits per heavy atom. The second kappa shape index (κ2) is 8.43. The van der Waals surface area contributed by atoms with E-state index in [9.17, 15) is 4.79 Å². The monoisotopic (exact) mass is 386 g/mol. The highest BCUT2D eigenvalue weighted by atomic mass is 35.5. The van der Waals surface area contributed by atoms with Gasteiger partial charge in [0.2, 0.25) is 11.8 Å². The van der Waals surface area contributed by atoms with Crippen molar-refractivity contribution in [3.63, 3.8) is 0 Å². The molecule has 3 rings (SSSR count). The van der Waals surface area contributed by atoms with Gasteiger partial charge in [-0.25, -0.2) is 4.98 Å². The van der Waals surface area contributed by atoms with Gasteiger partial charge in [0.15, 0.2) is 0 Å². The van der Waals surface area contributed by atoms with Crippen molar-refractivity contribution in [2.45, 2.75) is 24.9 Å². The number of hydrogen-bond acceptors (Lipinski definition) is 4. The molecule has 0 spiro atoms. The predicted molar refractivity (Wildman–Crippen MR) is 108 cm³/mol. The van der Waals surface area contributed by atoms with Crippen LogP contribution in [0.15, 0.2) is 59.2 Å². The van der Waals surface area contributed by atoms with Gasteiger partial charge in [0.1, 0.15) is 6.26 Å². The number of amides is 1. The van der Waals surface area contributed by atoms with Gasteiger partial charge in [-0.2, -0.15) is 0 Å². The average Bonchev–Trinajstić information content (AvgIpc) is 3.09. The number of nitrogens with zero attached hydrogens (tertiary/aromatic N) is 1. The quantitative estimate of drug-likeness (QED) is 0.602. The molecule has 26 heavy (non-hydrogen) atoms. The summed E-state index contributed by atoms with van der Waals surface area (Å²) >= 11 is 7.41. The number of benzene rings is 2. The zero-order valence-electron chi connectivity index (χ0n) is 14.5.